The number of halogens is 1. The van der Waals surface area contributed by atoms with Gasteiger partial charge in [0.1, 0.15) is 17.5 Å². The molecule has 0 bridgehead atoms. The Morgan fingerprint density at radius 3 is 3.05 bits per heavy atom. The Bertz CT molecular complexity index is 712. The Balaban J connectivity index is 2.10. The van der Waals surface area contributed by atoms with E-state index in [1.54, 1.807) is 31.3 Å². The van der Waals surface area contributed by atoms with Crippen molar-refractivity contribution >= 4 is 29.4 Å². The number of anilines is 1. The summed E-state index contributed by atoms with van der Waals surface area (Å²) < 4.78 is 1.43. The second-order valence-corrected chi connectivity index (χ2v) is 4.46. The van der Waals surface area contributed by atoms with E-state index < -0.39 is 0 Å². The largest absolute Gasteiger partial charge is 0.306 e. The van der Waals surface area contributed by atoms with Crippen LogP contribution in [0, 0.1) is 11.3 Å². The molecule has 0 atom stereocenters. The van der Waals surface area contributed by atoms with Gasteiger partial charge in [-0.05, 0) is 23.8 Å². The van der Waals surface area contributed by atoms with Crippen LogP contribution in [0.15, 0.2) is 36.5 Å². The fourth-order valence-electron chi connectivity index (χ4n) is 1.61. The highest BCUT2D eigenvalue weighted by molar-refractivity contribution is 6.30. The zero-order valence-electron chi connectivity index (χ0n) is 10.7. The van der Waals surface area contributed by atoms with Gasteiger partial charge in [0.15, 0.2) is 0 Å². The first-order valence-electron chi connectivity index (χ1n) is 5.77. The molecule has 0 saturated carbocycles. The molecule has 1 heterocycles. The lowest BCUT2D eigenvalue weighted by molar-refractivity contribution is -0.111. The monoisotopic (exact) mass is 286 g/mol. The second kappa shape index (κ2) is 6.04. The SMILES string of the molecule is Cn1ncc(C#N)c1NC(=O)/C=C/c1cccc(Cl)c1. The smallest absolute Gasteiger partial charge is 0.249 e. The number of benzene rings is 1. The lowest BCUT2D eigenvalue weighted by Crippen LogP contribution is -2.12. The van der Waals surface area contributed by atoms with Crippen molar-refractivity contribution in [2.45, 2.75) is 0 Å². The molecule has 1 N–H and O–H groups in total. The van der Waals surface area contributed by atoms with Crippen LogP contribution in [-0.4, -0.2) is 15.7 Å². The second-order valence-electron chi connectivity index (χ2n) is 4.02. The van der Waals surface area contributed by atoms with E-state index in [4.69, 9.17) is 16.9 Å². The van der Waals surface area contributed by atoms with Crippen LogP contribution in [0.25, 0.3) is 6.08 Å². The summed E-state index contributed by atoms with van der Waals surface area (Å²) in [6.07, 6.45) is 4.42. The number of aromatic nitrogens is 2. The average molecular weight is 287 g/mol. The molecular formula is C14H11ClN4O. The topological polar surface area (TPSA) is 70.7 Å². The average Bonchev–Trinajstić information content (AvgIpc) is 2.77. The van der Waals surface area contributed by atoms with Gasteiger partial charge < -0.3 is 5.32 Å². The molecule has 2 rings (SSSR count). The van der Waals surface area contributed by atoms with Crippen molar-refractivity contribution in [2.75, 3.05) is 5.32 Å². The molecule has 1 amide bonds. The van der Waals surface area contributed by atoms with Crippen LogP contribution in [0.4, 0.5) is 5.82 Å². The molecule has 0 saturated heterocycles. The molecule has 0 aliphatic carbocycles. The van der Waals surface area contributed by atoms with Crippen LogP contribution in [0.5, 0.6) is 0 Å². The number of amides is 1. The summed E-state index contributed by atoms with van der Waals surface area (Å²) in [6, 6.07) is 9.10. The Morgan fingerprint density at radius 1 is 1.55 bits per heavy atom. The third kappa shape index (κ3) is 3.25. The van der Waals surface area contributed by atoms with E-state index in [-0.39, 0.29) is 5.91 Å². The van der Waals surface area contributed by atoms with E-state index in [2.05, 4.69) is 10.4 Å². The van der Waals surface area contributed by atoms with Crippen LogP contribution in [0.3, 0.4) is 0 Å². The predicted octanol–water partition coefficient (Wildman–Crippen LogP) is 2.60. The van der Waals surface area contributed by atoms with Gasteiger partial charge in [-0.15, -0.1) is 0 Å². The summed E-state index contributed by atoms with van der Waals surface area (Å²) >= 11 is 5.85. The molecule has 20 heavy (non-hydrogen) atoms. The van der Waals surface area contributed by atoms with Crippen molar-refractivity contribution in [1.29, 1.82) is 5.26 Å². The number of aryl methyl sites for hydroxylation is 1. The number of nitriles is 1. The van der Waals surface area contributed by atoms with Crippen LogP contribution in [0.2, 0.25) is 5.02 Å². The maximum Gasteiger partial charge on any atom is 0.249 e. The number of hydrogen-bond donors (Lipinski definition) is 1. The first kappa shape index (κ1) is 13.8. The lowest BCUT2D eigenvalue weighted by Gasteiger charge is -2.02. The molecule has 0 fully saturated rings. The maximum absolute atomic E-state index is 11.8. The van der Waals surface area contributed by atoms with Crippen molar-refractivity contribution in [2.24, 2.45) is 7.05 Å². The van der Waals surface area contributed by atoms with Gasteiger partial charge in [0.25, 0.3) is 0 Å². The van der Waals surface area contributed by atoms with Crippen LogP contribution in [-0.2, 0) is 11.8 Å². The third-order valence-corrected chi connectivity index (χ3v) is 2.81. The highest BCUT2D eigenvalue weighted by Crippen LogP contribution is 2.14. The van der Waals surface area contributed by atoms with Crippen molar-refractivity contribution in [3.63, 3.8) is 0 Å². The van der Waals surface area contributed by atoms with Gasteiger partial charge in [-0.2, -0.15) is 10.4 Å². The van der Waals surface area contributed by atoms with Gasteiger partial charge in [-0.3, -0.25) is 9.48 Å². The normalized spacial score (nSPS) is 10.4. The zero-order chi connectivity index (χ0) is 14.5. The molecule has 1 aromatic heterocycles. The van der Waals surface area contributed by atoms with Crippen molar-refractivity contribution in [3.05, 3.63) is 52.7 Å². The summed E-state index contributed by atoms with van der Waals surface area (Å²) in [7, 11) is 1.65. The van der Waals surface area contributed by atoms with Crippen molar-refractivity contribution in [1.82, 2.24) is 9.78 Å². The first-order chi connectivity index (χ1) is 9.60. The van der Waals surface area contributed by atoms with E-state index in [1.807, 2.05) is 12.1 Å². The first-order valence-corrected chi connectivity index (χ1v) is 6.14. The van der Waals surface area contributed by atoms with Crippen LogP contribution >= 0.6 is 11.6 Å². The highest BCUT2D eigenvalue weighted by Gasteiger charge is 2.09. The highest BCUT2D eigenvalue weighted by atomic mass is 35.5. The van der Waals surface area contributed by atoms with E-state index >= 15 is 0 Å². The van der Waals surface area contributed by atoms with Gasteiger partial charge in [0, 0.05) is 18.1 Å². The molecular weight excluding hydrogens is 276 g/mol. The van der Waals surface area contributed by atoms with E-state index in [0.717, 1.165) is 5.56 Å². The standard InChI is InChI=1S/C14H11ClN4O/c1-19-14(11(8-16)9-17-19)18-13(20)6-5-10-3-2-4-12(15)7-10/h2-7,9H,1H3,(H,18,20)/b6-5+. The Kier molecular flexibility index (Phi) is 4.18. The minimum atomic E-state index is -0.343. The zero-order valence-corrected chi connectivity index (χ0v) is 11.4. The molecule has 6 heteroatoms. The minimum absolute atomic E-state index is 0.317. The molecule has 0 radical (unpaired) electrons. The number of nitrogens with one attached hydrogen (secondary N) is 1. The third-order valence-electron chi connectivity index (χ3n) is 2.58. The number of carbonyl (C=O) groups is 1. The van der Waals surface area contributed by atoms with Gasteiger partial charge in [0.2, 0.25) is 5.91 Å². The van der Waals surface area contributed by atoms with Crippen molar-refractivity contribution < 1.29 is 4.79 Å². The number of carbonyl (C=O) groups excluding carboxylic acids is 1. The van der Waals surface area contributed by atoms with Gasteiger partial charge in [-0.1, -0.05) is 23.7 Å². The molecule has 0 aliphatic rings. The molecule has 5 nitrogen and oxygen atoms in total. The van der Waals surface area contributed by atoms with Crippen LogP contribution < -0.4 is 5.32 Å². The minimum Gasteiger partial charge on any atom is -0.306 e. The van der Waals surface area contributed by atoms with Crippen LogP contribution in [0.1, 0.15) is 11.1 Å². The number of rotatable bonds is 3. The fraction of sp³-hybridized carbons (Fsp3) is 0.0714. The molecule has 0 unspecified atom stereocenters. The lowest BCUT2D eigenvalue weighted by atomic mass is 10.2. The maximum atomic E-state index is 11.8. The Morgan fingerprint density at radius 2 is 2.35 bits per heavy atom. The molecule has 100 valence electrons. The number of hydrogen-bond acceptors (Lipinski definition) is 3. The Hall–Kier alpha value is -2.58. The summed E-state index contributed by atoms with van der Waals surface area (Å²) in [5.74, 6) is 0.0262. The van der Waals surface area contributed by atoms with E-state index in [1.165, 1.54) is 17.0 Å². The van der Waals surface area contributed by atoms with Gasteiger partial charge in [-0.25, -0.2) is 0 Å². The summed E-state index contributed by atoms with van der Waals surface area (Å²) in [6.45, 7) is 0. The quantitative estimate of drug-likeness (QED) is 0.882. The van der Waals surface area contributed by atoms with Crippen molar-refractivity contribution in [3.8, 4) is 6.07 Å². The van der Waals surface area contributed by atoms with Gasteiger partial charge >= 0.3 is 0 Å². The molecule has 2 aromatic rings. The number of nitrogens with zero attached hydrogens (tertiary/aromatic N) is 3. The summed E-state index contributed by atoms with van der Waals surface area (Å²) in [5.41, 5.74) is 1.13. The molecule has 0 aliphatic heterocycles. The fourth-order valence-corrected chi connectivity index (χ4v) is 1.81. The molecule has 1 aromatic carbocycles. The Labute approximate surface area is 121 Å². The summed E-state index contributed by atoms with van der Waals surface area (Å²) in [4.78, 5) is 11.8. The van der Waals surface area contributed by atoms with E-state index in [9.17, 15) is 4.79 Å². The molecule has 0 spiro atoms. The predicted molar refractivity (Wildman–Crippen MR) is 77.0 cm³/mol. The van der Waals surface area contributed by atoms with Gasteiger partial charge in [0.05, 0.1) is 6.20 Å². The summed E-state index contributed by atoms with van der Waals surface area (Å²) in [5, 5.41) is 16.0. The van der Waals surface area contributed by atoms with E-state index in [0.29, 0.717) is 16.4 Å².